The first-order valence-electron chi connectivity index (χ1n) is 15.2. The summed E-state index contributed by atoms with van der Waals surface area (Å²) < 4.78 is 64.6. The van der Waals surface area contributed by atoms with Crippen LogP contribution in [0.3, 0.4) is 0 Å². The van der Waals surface area contributed by atoms with E-state index in [4.69, 9.17) is 9.47 Å². The van der Waals surface area contributed by atoms with Crippen LogP contribution in [0.15, 0.2) is 175 Å². The largest absolute Gasteiger partial charge is 0.497 e. The highest BCUT2D eigenvalue weighted by atomic mass is 32.2. The molecule has 0 aliphatic heterocycles. The van der Waals surface area contributed by atoms with Crippen molar-refractivity contribution in [1.29, 1.82) is 0 Å². The maximum atomic E-state index is 13.8. The molecule has 0 saturated heterocycles. The van der Waals surface area contributed by atoms with Crippen LogP contribution in [0.25, 0.3) is 11.1 Å². The normalized spacial score (nSPS) is 13.9. The van der Waals surface area contributed by atoms with Gasteiger partial charge >= 0.3 is 0 Å². The SMILES string of the molecule is C=S(=O)(c1ccc(OC)cc1)c1ccc(Oc2ccc(S(=C)(=O)c3ccc(-c4ccc(S(=O)(=O)c5ccc(C)cc5)cc4)cc3)cc2)cc1. The number of hydrogen-bond acceptors (Lipinski definition) is 6. The van der Waals surface area contributed by atoms with Gasteiger partial charge in [-0.1, -0.05) is 42.0 Å². The average Bonchev–Trinajstić information content (AvgIpc) is 3.12. The Kier molecular flexibility index (Phi) is 9.26. The quantitative estimate of drug-likeness (QED) is 0.133. The van der Waals surface area contributed by atoms with E-state index in [-0.39, 0.29) is 9.79 Å². The third-order valence-electron chi connectivity index (χ3n) is 8.15. The monoisotopic (exact) mass is 706 g/mol. The molecule has 2 unspecified atom stereocenters. The highest BCUT2D eigenvalue weighted by Gasteiger charge is 2.18. The zero-order chi connectivity index (χ0) is 34.8. The Morgan fingerprint density at radius 3 is 1.04 bits per heavy atom. The van der Waals surface area contributed by atoms with Crippen molar-refractivity contribution in [2.24, 2.45) is 0 Å². The molecule has 0 aliphatic carbocycles. The molecule has 0 radical (unpaired) electrons. The van der Waals surface area contributed by atoms with Crippen LogP contribution in [0.1, 0.15) is 5.56 Å². The zero-order valence-electron chi connectivity index (χ0n) is 26.9. The number of benzene rings is 6. The van der Waals surface area contributed by atoms with Crippen molar-refractivity contribution < 1.29 is 26.3 Å². The van der Waals surface area contributed by atoms with Crippen molar-refractivity contribution in [3.63, 3.8) is 0 Å². The topological polar surface area (TPSA) is 86.7 Å². The van der Waals surface area contributed by atoms with Gasteiger partial charge < -0.3 is 9.47 Å². The van der Waals surface area contributed by atoms with E-state index in [1.807, 2.05) is 19.1 Å². The summed E-state index contributed by atoms with van der Waals surface area (Å²) in [5, 5.41) is 0. The first-order chi connectivity index (χ1) is 23.4. The molecule has 6 nitrogen and oxygen atoms in total. The molecule has 0 saturated carbocycles. The highest BCUT2D eigenvalue weighted by Crippen LogP contribution is 2.31. The molecular weight excluding hydrogens is 673 g/mol. The van der Waals surface area contributed by atoms with Crippen molar-refractivity contribution in [3.05, 3.63) is 151 Å². The molecule has 0 heterocycles. The van der Waals surface area contributed by atoms with Crippen molar-refractivity contribution >= 4 is 40.6 Å². The lowest BCUT2D eigenvalue weighted by Gasteiger charge is -2.13. The lowest BCUT2D eigenvalue weighted by Crippen LogP contribution is -2.02. The molecule has 0 fully saturated rings. The van der Waals surface area contributed by atoms with Crippen LogP contribution in [0.5, 0.6) is 17.2 Å². The number of methoxy groups -OCH3 is 1. The minimum atomic E-state index is -3.62. The molecule has 6 rings (SSSR count). The average molecular weight is 707 g/mol. The number of sulfone groups is 1. The summed E-state index contributed by atoms with van der Waals surface area (Å²) in [5.74, 6) is 9.79. The minimum absolute atomic E-state index is 0.218. The molecule has 0 aliphatic rings. The molecule has 6 aromatic carbocycles. The van der Waals surface area contributed by atoms with E-state index in [0.29, 0.717) is 36.8 Å². The van der Waals surface area contributed by atoms with Gasteiger partial charge in [0, 0.05) is 38.6 Å². The third kappa shape index (κ3) is 7.05. The Balaban J connectivity index is 1.12. The molecule has 49 heavy (non-hydrogen) atoms. The Morgan fingerprint density at radius 1 is 0.408 bits per heavy atom. The molecule has 0 aromatic heterocycles. The van der Waals surface area contributed by atoms with Crippen LogP contribution in [0.2, 0.25) is 0 Å². The van der Waals surface area contributed by atoms with Gasteiger partial charge in [-0.2, -0.15) is 0 Å². The Morgan fingerprint density at radius 2 is 0.694 bits per heavy atom. The predicted octanol–water partition coefficient (Wildman–Crippen LogP) is 8.56. The van der Waals surface area contributed by atoms with E-state index in [2.05, 4.69) is 11.7 Å². The summed E-state index contributed by atoms with van der Waals surface area (Å²) >= 11 is 0. The van der Waals surface area contributed by atoms with Gasteiger partial charge in [0.15, 0.2) is 0 Å². The van der Waals surface area contributed by atoms with E-state index in [1.165, 1.54) is 0 Å². The summed E-state index contributed by atoms with van der Waals surface area (Å²) in [6.07, 6.45) is 0. The second-order valence-corrected chi connectivity index (χ2v) is 18.0. The third-order valence-corrected chi connectivity index (χ3v) is 14.1. The number of aryl methyl sites for hydroxylation is 1. The van der Waals surface area contributed by atoms with Gasteiger partial charge in [-0.15, -0.1) is 0 Å². The molecule has 2 atom stereocenters. The van der Waals surface area contributed by atoms with Crippen LogP contribution in [0, 0.1) is 6.92 Å². The lowest BCUT2D eigenvalue weighted by molar-refractivity contribution is 0.414. The minimum Gasteiger partial charge on any atom is -0.497 e. The van der Waals surface area contributed by atoms with Gasteiger partial charge in [0.2, 0.25) is 9.84 Å². The maximum absolute atomic E-state index is 13.8. The van der Waals surface area contributed by atoms with E-state index >= 15 is 0 Å². The second kappa shape index (κ2) is 13.4. The Hall–Kier alpha value is -5.09. The summed E-state index contributed by atoms with van der Waals surface area (Å²) in [7, 11) is -7.58. The van der Waals surface area contributed by atoms with Gasteiger partial charge in [-0.25, -0.2) is 8.42 Å². The van der Waals surface area contributed by atoms with E-state index in [0.717, 1.165) is 16.7 Å². The van der Waals surface area contributed by atoms with Crippen LogP contribution < -0.4 is 9.47 Å². The highest BCUT2D eigenvalue weighted by molar-refractivity contribution is 8.00. The maximum Gasteiger partial charge on any atom is 0.206 e. The van der Waals surface area contributed by atoms with Crippen LogP contribution >= 0.6 is 0 Å². The molecule has 9 heteroatoms. The standard InChI is InChI=1S/C40H34O6S3/c1-29-5-17-39(18-6-29)49(43,44)40-21-9-31(10-22-40)30-7-19-35(20-8-30)47(3,41)37-25-13-33(14-26-37)46-34-15-27-38(28-16-34)48(4,42)36-23-11-32(45-2)12-24-36/h5-28H,3-4H2,1-2H3. The van der Waals surface area contributed by atoms with Gasteiger partial charge in [-0.3, -0.25) is 8.42 Å². The van der Waals surface area contributed by atoms with E-state index < -0.39 is 28.9 Å². The predicted molar refractivity (Wildman–Crippen MR) is 198 cm³/mol. The zero-order valence-corrected chi connectivity index (χ0v) is 29.4. The van der Waals surface area contributed by atoms with Crippen molar-refractivity contribution in [2.75, 3.05) is 7.11 Å². The number of ether oxygens (including phenoxy) is 2. The lowest BCUT2D eigenvalue weighted by atomic mass is 10.1. The smallest absolute Gasteiger partial charge is 0.206 e. The fourth-order valence-electron chi connectivity index (χ4n) is 5.21. The molecule has 0 N–H and O–H groups in total. The summed E-state index contributed by atoms with van der Waals surface area (Å²) in [6, 6.07) is 41.6. The van der Waals surface area contributed by atoms with Crippen LogP contribution in [-0.4, -0.2) is 35.7 Å². The molecule has 0 spiro atoms. The molecular formula is C40H34O6S3. The van der Waals surface area contributed by atoms with E-state index in [1.54, 1.807) is 141 Å². The summed E-state index contributed by atoms with van der Waals surface area (Å²) in [5.41, 5.74) is 2.67. The van der Waals surface area contributed by atoms with Crippen molar-refractivity contribution in [3.8, 4) is 28.4 Å². The van der Waals surface area contributed by atoms with Crippen LogP contribution in [0.4, 0.5) is 0 Å². The van der Waals surface area contributed by atoms with Gasteiger partial charge in [-0.05, 0) is 139 Å². The van der Waals surface area contributed by atoms with Gasteiger partial charge in [0.05, 0.1) is 16.9 Å². The Bertz CT molecular complexity index is 2420. The van der Waals surface area contributed by atoms with E-state index in [9.17, 15) is 16.8 Å². The molecule has 6 aromatic rings. The molecule has 0 amide bonds. The van der Waals surface area contributed by atoms with Gasteiger partial charge in [0.1, 0.15) is 17.2 Å². The molecule has 0 bridgehead atoms. The van der Waals surface area contributed by atoms with Gasteiger partial charge in [0.25, 0.3) is 0 Å². The fraction of sp³-hybridized carbons (Fsp3) is 0.0500. The second-order valence-electron chi connectivity index (χ2n) is 11.4. The van der Waals surface area contributed by atoms with Crippen molar-refractivity contribution in [1.82, 2.24) is 0 Å². The fourth-order valence-corrected chi connectivity index (χ4v) is 9.31. The summed E-state index contributed by atoms with van der Waals surface area (Å²) in [4.78, 5) is 2.76. The number of hydrogen-bond donors (Lipinski definition) is 0. The first-order valence-corrected chi connectivity index (χ1v) is 20.1. The summed E-state index contributed by atoms with van der Waals surface area (Å²) in [6.45, 7) is 1.91. The first kappa shape index (κ1) is 33.8. The van der Waals surface area contributed by atoms with Crippen LogP contribution in [-0.2, 0) is 28.9 Å². The Labute approximate surface area is 288 Å². The van der Waals surface area contributed by atoms with Crippen molar-refractivity contribution in [2.45, 2.75) is 36.3 Å². The number of rotatable bonds is 10. The molecule has 248 valence electrons.